The fourth-order valence-electron chi connectivity index (χ4n) is 2.01. The van der Waals surface area contributed by atoms with Gasteiger partial charge in [-0.25, -0.2) is 0 Å². The summed E-state index contributed by atoms with van der Waals surface area (Å²) in [6.07, 6.45) is 5.44. The maximum atomic E-state index is 9.57. The summed E-state index contributed by atoms with van der Waals surface area (Å²) >= 11 is 0. The average molecular weight is 245 g/mol. The van der Waals surface area contributed by atoms with E-state index in [0.29, 0.717) is 19.3 Å². The van der Waals surface area contributed by atoms with Crippen LogP contribution in [0.5, 0.6) is 0 Å². The lowest BCUT2D eigenvalue weighted by Gasteiger charge is -2.32. The summed E-state index contributed by atoms with van der Waals surface area (Å²) in [4.78, 5) is 0. The summed E-state index contributed by atoms with van der Waals surface area (Å²) in [5.41, 5.74) is -0.0915. The lowest BCUT2D eigenvalue weighted by molar-refractivity contribution is 0.0608. The smallest absolute Gasteiger partial charge is 0.0700 e. The second kappa shape index (κ2) is 8.03. The normalized spacial score (nSPS) is 19.2. The van der Waals surface area contributed by atoms with Gasteiger partial charge in [0, 0.05) is 25.3 Å². The van der Waals surface area contributed by atoms with Gasteiger partial charge >= 0.3 is 0 Å². The number of aliphatic hydroxyl groups excluding tert-OH is 1. The van der Waals surface area contributed by atoms with Crippen LogP contribution in [0, 0.1) is 0 Å². The largest absolute Gasteiger partial charge is 0.394 e. The van der Waals surface area contributed by atoms with Crippen molar-refractivity contribution in [1.29, 1.82) is 0 Å². The number of hydrogen-bond donors (Lipinski definition) is 2. The Balaban J connectivity index is 2.14. The van der Waals surface area contributed by atoms with Crippen LogP contribution in [0.3, 0.4) is 0 Å². The molecule has 4 heteroatoms. The van der Waals surface area contributed by atoms with E-state index in [4.69, 9.17) is 9.47 Å². The fourth-order valence-corrected chi connectivity index (χ4v) is 2.01. The predicted octanol–water partition coefficient (Wildman–Crippen LogP) is 1.32. The molecule has 0 aromatic heterocycles. The molecule has 1 fully saturated rings. The van der Waals surface area contributed by atoms with Crippen LogP contribution in [-0.4, -0.2) is 50.2 Å². The topological polar surface area (TPSA) is 50.7 Å². The van der Waals surface area contributed by atoms with Crippen LogP contribution in [0.1, 0.15) is 39.0 Å². The SMILES string of the molecule is CCC(CO)(CCCOCCOC)NC1CC1. The fraction of sp³-hybridized carbons (Fsp3) is 1.00. The summed E-state index contributed by atoms with van der Waals surface area (Å²) in [6.45, 7) is 4.41. The van der Waals surface area contributed by atoms with Crippen molar-refractivity contribution < 1.29 is 14.6 Å². The molecule has 0 heterocycles. The van der Waals surface area contributed by atoms with Crippen molar-refractivity contribution in [2.45, 2.75) is 50.6 Å². The zero-order valence-electron chi connectivity index (χ0n) is 11.2. The molecule has 0 amide bonds. The third-order valence-electron chi connectivity index (χ3n) is 3.44. The first kappa shape index (κ1) is 14.9. The molecule has 0 spiro atoms. The molecule has 0 aliphatic heterocycles. The van der Waals surface area contributed by atoms with Crippen LogP contribution < -0.4 is 5.32 Å². The highest BCUT2D eigenvalue weighted by Crippen LogP contribution is 2.26. The lowest BCUT2D eigenvalue weighted by Crippen LogP contribution is -2.49. The van der Waals surface area contributed by atoms with Crippen molar-refractivity contribution in [3.05, 3.63) is 0 Å². The molecule has 1 atom stereocenters. The van der Waals surface area contributed by atoms with Crippen LogP contribution in [0.25, 0.3) is 0 Å². The van der Waals surface area contributed by atoms with E-state index in [1.54, 1.807) is 7.11 Å². The first-order valence-electron chi connectivity index (χ1n) is 6.71. The molecule has 1 rings (SSSR count). The molecule has 0 bridgehead atoms. The maximum absolute atomic E-state index is 9.57. The van der Waals surface area contributed by atoms with Gasteiger partial charge in [0.15, 0.2) is 0 Å². The molecule has 1 aliphatic carbocycles. The molecule has 0 aromatic rings. The Labute approximate surface area is 105 Å². The van der Waals surface area contributed by atoms with E-state index in [1.807, 2.05) is 0 Å². The molecule has 17 heavy (non-hydrogen) atoms. The van der Waals surface area contributed by atoms with Gasteiger partial charge in [0.2, 0.25) is 0 Å². The second-order valence-electron chi connectivity index (χ2n) is 4.92. The van der Waals surface area contributed by atoms with Crippen LogP contribution >= 0.6 is 0 Å². The molecule has 1 aliphatic rings. The van der Waals surface area contributed by atoms with Crippen LogP contribution in [-0.2, 0) is 9.47 Å². The van der Waals surface area contributed by atoms with Crippen molar-refractivity contribution in [3.8, 4) is 0 Å². The predicted molar refractivity (Wildman–Crippen MR) is 68.2 cm³/mol. The summed E-state index contributed by atoms with van der Waals surface area (Å²) in [7, 11) is 1.68. The summed E-state index contributed by atoms with van der Waals surface area (Å²) in [5.74, 6) is 0. The minimum Gasteiger partial charge on any atom is -0.394 e. The highest BCUT2D eigenvalue weighted by atomic mass is 16.5. The molecule has 4 nitrogen and oxygen atoms in total. The Hall–Kier alpha value is -0.160. The van der Waals surface area contributed by atoms with Gasteiger partial charge in [-0.3, -0.25) is 0 Å². The highest BCUT2D eigenvalue weighted by molar-refractivity contribution is 4.94. The Kier molecular flexibility index (Phi) is 7.04. The van der Waals surface area contributed by atoms with Crippen LogP contribution in [0.2, 0.25) is 0 Å². The van der Waals surface area contributed by atoms with Crippen molar-refractivity contribution in [3.63, 3.8) is 0 Å². The van der Waals surface area contributed by atoms with Gasteiger partial charge in [-0.15, -0.1) is 0 Å². The molecule has 0 saturated heterocycles. The molecule has 102 valence electrons. The Morgan fingerprint density at radius 2 is 2.06 bits per heavy atom. The monoisotopic (exact) mass is 245 g/mol. The number of nitrogens with one attached hydrogen (secondary N) is 1. The van der Waals surface area contributed by atoms with E-state index >= 15 is 0 Å². The third kappa shape index (κ3) is 5.82. The lowest BCUT2D eigenvalue weighted by atomic mass is 9.91. The summed E-state index contributed by atoms with van der Waals surface area (Å²) in [6, 6.07) is 0.636. The van der Waals surface area contributed by atoms with Crippen molar-refractivity contribution in [2.75, 3.05) is 33.5 Å². The minimum atomic E-state index is -0.0915. The number of hydrogen-bond acceptors (Lipinski definition) is 4. The van der Waals surface area contributed by atoms with E-state index in [9.17, 15) is 5.11 Å². The molecule has 2 N–H and O–H groups in total. The first-order valence-corrected chi connectivity index (χ1v) is 6.71. The van der Waals surface area contributed by atoms with Gasteiger partial charge in [-0.05, 0) is 32.1 Å². The summed E-state index contributed by atoms with van der Waals surface area (Å²) in [5, 5.41) is 13.1. The standard InChI is InChI=1S/C13H27NO3/c1-3-13(11-15,14-12-5-6-12)7-4-8-17-10-9-16-2/h12,14-15H,3-11H2,1-2H3. The van der Waals surface area contributed by atoms with Gasteiger partial charge in [0.05, 0.1) is 19.8 Å². The van der Waals surface area contributed by atoms with E-state index < -0.39 is 0 Å². The summed E-state index contributed by atoms with van der Waals surface area (Å²) < 4.78 is 10.4. The van der Waals surface area contributed by atoms with E-state index in [0.717, 1.165) is 25.9 Å². The molecule has 1 saturated carbocycles. The van der Waals surface area contributed by atoms with Gasteiger partial charge in [-0.2, -0.15) is 0 Å². The minimum absolute atomic E-state index is 0.0915. The Bertz CT molecular complexity index is 191. The van der Waals surface area contributed by atoms with Crippen molar-refractivity contribution in [2.24, 2.45) is 0 Å². The second-order valence-corrected chi connectivity index (χ2v) is 4.92. The zero-order valence-corrected chi connectivity index (χ0v) is 11.2. The molecule has 1 unspecified atom stereocenters. The van der Waals surface area contributed by atoms with E-state index in [-0.39, 0.29) is 12.1 Å². The van der Waals surface area contributed by atoms with Gasteiger partial charge in [0.1, 0.15) is 0 Å². The van der Waals surface area contributed by atoms with Gasteiger partial charge < -0.3 is 19.9 Å². The highest BCUT2D eigenvalue weighted by Gasteiger charge is 2.33. The van der Waals surface area contributed by atoms with Crippen LogP contribution in [0.4, 0.5) is 0 Å². The molecular weight excluding hydrogens is 218 g/mol. The maximum Gasteiger partial charge on any atom is 0.0700 e. The molecule has 0 aromatic carbocycles. The molecule has 0 radical (unpaired) electrons. The quantitative estimate of drug-likeness (QED) is 0.539. The van der Waals surface area contributed by atoms with Crippen LogP contribution in [0.15, 0.2) is 0 Å². The van der Waals surface area contributed by atoms with Gasteiger partial charge in [0.25, 0.3) is 0 Å². The van der Waals surface area contributed by atoms with Crippen molar-refractivity contribution in [1.82, 2.24) is 5.32 Å². The Morgan fingerprint density at radius 1 is 1.29 bits per heavy atom. The van der Waals surface area contributed by atoms with Crippen molar-refractivity contribution >= 4 is 0 Å². The molecular formula is C13H27NO3. The third-order valence-corrected chi connectivity index (χ3v) is 3.44. The number of methoxy groups -OCH3 is 1. The first-order chi connectivity index (χ1) is 8.26. The number of rotatable bonds is 11. The average Bonchev–Trinajstić information content (AvgIpc) is 3.16. The Morgan fingerprint density at radius 3 is 2.59 bits per heavy atom. The van der Waals surface area contributed by atoms with E-state index in [1.165, 1.54) is 12.8 Å². The number of aliphatic hydroxyl groups is 1. The number of ether oxygens (including phenoxy) is 2. The zero-order chi connectivity index (χ0) is 12.6. The van der Waals surface area contributed by atoms with Gasteiger partial charge in [-0.1, -0.05) is 6.92 Å². The van der Waals surface area contributed by atoms with E-state index in [2.05, 4.69) is 12.2 Å².